The molecule has 0 bridgehead atoms. The van der Waals surface area contributed by atoms with Crippen molar-refractivity contribution in [2.24, 2.45) is 17.6 Å². The van der Waals surface area contributed by atoms with Crippen molar-refractivity contribution < 1.29 is 4.39 Å². The minimum Gasteiger partial charge on any atom is -0.370 e. The summed E-state index contributed by atoms with van der Waals surface area (Å²) in [6, 6.07) is 13.6. The van der Waals surface area contributed by atoms with E-state index in [9.17, 15) is 9.18 Å². The van der Waals surface area contributed by atoms with Gasteiger partial charge in [-0.3, -0.25) is 9.78 Å². The molecule has 1 aromatic carbocycles. The zero-order valence-corrected chi connectivity index (χ0v) is 26.4. The van der Waals surface area contributed by atoms with E-state index in [0.717, 1.165) is 86.7 Å². The van der Waals surface area contributed by atoms with E-state index in [4.69, 9.17) is 10.7 Å². The second kappa shape index (κ2) is 12.5. The van der Waals surface area contributed by atoms with Crippen LogP contribution in [-0.2, 0) is 6.54 Å². The van der Waals surface area contributed by atoms with Gasteiger partial charge in [-0.05, 0) is 112 Å². The minimum atomic E-state index is -0.378. The summed E-state index contributed by atoms with van der Waals surface area (Å²) in [6.07, 6.45) is 9.37. The number of anilines is 2. The molecule has 0 radical (unpaired) electrons. The molecule has 2 saturated heterocycles. The average molecular weight is 610 g/mol. The number of halogens is 1. The fourth-order valence-corrected chi connectivity index (χ4v) is 7.36. The monoisotopic (exact) mass is 609 g/mol. The van der Waals surface area contributed by atoms with Crippen LogP contribution in [0, 0.1) is 31.5 Å². The van der Waals surface area contributed by atoms with Gasteiger partial charge in [-0.15, -0.1) is 0 Å². The molecule has 1 unspecified atom stereocenters. The van der Waals surface area contributed by atoms with Crippen LogP contribution in [0.4, 0.5) is 15.9 Å². The number of nitrogens with two attached hydrogens (primary N) is 1. The highest BCUT2D eigenvalue weighted by molar-refractivity contribution is 5.80. The fourth-order valence-electron chi connectivity index (χ4n) is 7.36. The molecule has 236 valence electrons. The Morgan fingerprint density at radius 2 is 1.87 bits per heavy atom. The number of fused-ring (bicyclic) bond motifs is 1. The maximum Gasteiger partial charge on any atom is 0.193 e. The van der Waals surface area contributed by atoms with Crippen LogP contribution in [0.15, 0.2) is 59.7 Å². The molecule has 0 amide bonds. The number of benzene rings is 1. The topological polar surface area (TPSA) is 92.3 Å². The average Bonchev–Trinajstić information content (AvgIpc) is 3.78. The summed E-state index contributed by atoms with van der Waals surface area (Å²) < 4.78 is 16.5. The SMILES string of the molecule is Cc1ccc(N2CCC[C@H](C(NCc3cn(C4CC4)c4ccc(F)cc4c3=O)c3cc(C)nc(N4CC[C@@H](CN)C4)c3)C2)cn1. The number of aromatic nitrogens is 3. The first kappa shape index (κ1) is 29.9. The highest BCUT2D eigenvalue weighted by Gasteiger charge is 2.31. The Bertz CT molecular complexity index is 1730. The van der Waals surface area contributed by atoms with Crippen LogP contribution >= 0.6 is 0 Å². The molecule has 3 N–H and O–H groups in total. The van der Waals surface area contributed by atoms with Gasteiger partial charge >= 0.3 is 0 Å². The molecule has 3 atom stereocenters. The third-order valence-electron chi connectivity index (χ3n) is 9.98. The molecule has 3 aliphatic rings. The normalized spacial score (nSPS) is 21.1. The van der Waals surface area contributed by atoms with Gasteiger partial charge in [0.25, 0.3) is 0 Å². The number of hydrogen-bond acceptors (Lipinski definition) is 7. The van der Waals surface area contributed by atoms with Gasteiger partial charge in [0.15, 0.2) is 5.43 Å². The van der Waals surface area contributed by atoms with Crippen molar-refractivity contribution in [3.05, 3.63) is 93.4 Å². The van der Waals surface area contributed by atoms with Gasteiger partial charge in [0.05, 0.1) is 17.4 Å². The van der Waals surface area contributed by atoms with Gasteiger partial charge in [0, 0.05) is 73.3 Å². The van der Waals surface area contributed by atoms with Crippen LogP contribution in [0.2, 0.25) is 0 Å². The molecule has 3 aromatic heterocycles. The van der Waals surface area contributed by atoms with Gasteiger partial charge in [0.1, 0.15) is 11.6 Å². The molecule has 9 heteroatoms. The van der Waals surface area contributed by atoms with Crippen LogP contribution in [0.1, 0.15) is 66.7 Å². The Labute approximate surface area is 264 Å². The van der Waals surface area contributed by atoms with Gasteiger partial charge in [-0.25, -0.2) is 9.37 Å². The van der Waals surface area contributed by atoms with Crippen LogP contribution in [0.5, 0.6) is 0 Å². The Kier molecular flexibility index (Phi) is 8.31. The zero-order chi connectivity index (χ0) is 31.1. The molecular formula is C36H44FN7O. The highest BCUT2D eigenvalue weighted by atomic mass is 19.1. The molecule has 1 saturated carbocycles. The highest BCUT2D eigenvalue weighted by Crippen LogP contribution is 2.38. The maximum absolute atomic E-state index is 14.3. The first-order chi connectivity index (χ1) is 21.9. The molecule has 8 nitrogen and oxygen atoms in total. The quantitative estimate of drug-likeness (QED) is 0.262. The summed E-state index contributed by atoms with van der Waals surface area (Å²) in [7, 11) is 0. The number of aryl methyl sites for hydroxylation is 2. The fraction of sp³-hybridized carbons (Fsp3) is 0.472. The van der Waals surface area contributed by atoms with E-state index in [1.807, 2.05) is 19.3 Å². The number of piperidine rings is 1. The lowest BCUT2D eigenvalue weighted by molar-refractivity contribution is 0.307. The molecule has 3 fully saturated rings. The maximum atomic E-state index is 14.3. The third-order valence-corrected chi connectivity index (χ3v) is 9.98. The van der Waals surface area contributed by atoms with Crippen molar-refractivity contribution in [2.45, 2.75) is 64.6 Å². The number of pyridine rings is 3. The predicted octanol–water partition coefficient (Wildman–Crippen LogP) is 5.41. The Morgan fingerprint density at radius 3 is 2.62 bits per heavy atom. The van der Waals surface area contributed by atoms with E-state index >= 15 is 0 Å². The number of hydrogen-bond donors (Lipinski definition) is 2. The van der Waals surface area contributed by atoms with Gasteiger partial charge < -0.3 is 25.4 Å². The van der Waals surface area contributed by atoms with Crippen LogP contribution in [0.3, 0.4) is 0 Å². The second-order valence-corrected chi connectivity index (χ2v) is 13.4. The minimum absolute atomic E-state index is 0.00320. The summed E-state index contributed by atoms with van der Waals surface area (Å²) in [5.41, 5.74) is 11.7. The molecule has 45 heavy (non-hydrogen) atoms. The second-order valence-electron chi connectivity index (χ2n) is 13.4. The molecule has 1 aliphatic carbocycles. The van der Waals surface area contributed by atoms with E-state index in [0.29, 0.717) is 41.9 Å². The van der Waals surface area contributed by atoms with Gasteiger partial charge in [-0.1, -0.05) is 0 Å². The molecular weight excluding hydrogens is 565 g/mol. The number of nitrogens with one attached hydrogen (secondary N) is 1. The standard InChI is InChI=1S/C36H44FN7O/c1-23-5-7-31(19-39-23)42-12-3-4-26(21-42)35(27-14-24(2)41-34(15-27)43-13-11-25(17-38)20-43)40-18-28-22-44(30-8-9-30)33-10-6-29(37)16-32(33)36(28)45/h5-7,10,14-16,19,22,25-26,30,35,40H,3-4,8-9,11-13,17-18,20-21,38H2,1-2H3/t25-,26-,35?/m0/s1. The lowest BCUT2D eigenvalue weighted by Gasteiger charge is -2.39. The Hall–Kier alpha value is -3.82. The van der Waals surface area contributed by atoms with Crippen molar-refractivity contribution in [3.63, 3.8) is 0 Å². The lowest BCUT2D eigenvalue weighted by atomic mass is 9.86. The Balaban J connectivity index is 1.23. The van der Waals surface area contributed by atoms with Crippen molar-refractivity contribution in [1.29, 1.82) is 0 Å². The van der Waals surface area contributed by atoms with E-state index in [1.165, 1.54) is 17.7 Å². The van der Waals surface area contributed by atoms with Crippen LogP contribution in [0.25, 0.3) is 10.9 Å². The summed E-state index contributed by atoms with van der Waals surface area (Å²) in [5.74, 6) is 1.41. The van der Waals surface area contributed by atoms with Crippen molar-refractivity contribution in [2.75, 3.05) is 42.5 Å². The molecule has 5 heterocycles. The first-order valence-electron chi connectivity index (χ1n) is 16.5. The summed E-state index contributed by atoms with van der Waals surface area (Å²) in [5, 5.41) is 4.32. The molecule has 4 aromatic rings. The van der Waals surface area contributed by atoms with Crippen LogP contribution < -0.4 is 26.3 Å². The van der Waals surface area contributed by atoms with Crippen LogP contribution in [-0.4, -0.2) is 47.3 Å². The van der Waals surface area contributed by atoms with E-state index in [-0.39, 0.29) is 17.3 Å². The third kappa shape index (κ3) is 6.33. The van der Waals surface area contributed by atoms with E-state index in [1.54, 1.807) is 6.07 Å². The largest absolute Gasteiger partial charge is 0.370 e. The van der Waals surface area contributed by atoms with Crippen molar-refractivity contribution >= 4 is 22.4 Å². The summed E-state index contributed by atoms with van der Waals surface area (Å²) >= 11 is 0. The van der Waals surface area contributed by atoms with Gasteiger partial charge in [-0.2, -0.15) is 0 Å². The first-order valence-corrected chi connectivity index (χ1v) is 16.5. The van der Waals surface area contributed by atoms with E-state index in [2.05, 4.69) is 55.9 Å². The number of nitrogens with zero attached hydrogens (tertiary/aromatic N) is 5. The zero-order valence-electron chi connectivity index (χ0n) is 26.4. The lowest BCUT2D eigenvalue weighted by Crippen LogP contribution is -2.42. The molecule has 2 aliphatic heterocycles. The molecule has 0 spiro atoms. The summed E-state index contributed by atoms with van der Waals surface area (Å²) in [4.78, 5) is 28.1. The van der Waals surface area contributed by atoms with E-state index < -0.39 is 0 Å². The molecule has 7 rings (SSSR count). The number of rotatable bonds is 9. The smallest absolute Gasteiger partial charge is 0.193 e. The summed E-state index contributed by atoms with van der Waals surface area (Å²) in [6.45, 7) is 8.94. The van der Waals surface area contributed by atoms with Crippen molar-refractivity contribution in [3.8, 4) is 0 Å². The predicted molar refractivity (Wildman–Crippen MR) is 178 cm³/mol. The van der Waals surface area contributed by atoms with Gasteiger partial charge in [0.2, 0.25) is 0 Å². The Morgan fingerprint density at radius 1 is 1.00 bits per heavy atom. The van der Waals surface area contributed by atoms with Crippen molar-refractivity contribution in [1.82, 2.24) is 19.9 Å².